The Morgan fingerprint density at radius 3 is 2.73 bits per heavy atom. The number of likely N-dealkylation sites (N-methyl/N-ethyl adjacent to an activating group) is 1. The number of hydrogen-bond acceptors (Lipinski definition) is 4. The predicted octanol–water partition coefficient (Wildman–Crippen LogP) is 0.869. The van der Waals surface area contributed by atoms with E-state index in [0.717, 1.165) is 45.1 Å². The lowest BCUT2D eigenvalue weighted by molar-refractivity contribution is -0.127. The Kier molecular flexibility index (Phi) is 8.84. The summed E-state index contributed by atoms with van der Waals surface area (Å²) in [5.41, 5.74) is 0. The lowest BCUT2D eigenvalue weighted by Gasteiger charge is -2.30. The summed E-state index contributed by atoms with van der Waals surface area (Å²) in [7, 11) is 2.71. The highest BCUT2D eigenvalue weighted by Crippen LogP contribution is 2.23. The van der Waals surface area contributed by atoms with Gasteiger partial charge in [-0.05, 0) is 32.1 Å². The minimum Gasteiger partial charge on any atom is -0.376 e. The van der Waals surface area contributed by atoms with Gasteiger partial charge in [0.1, 0.15) is 6.54 Å². The first kappa shape index (κ1) is 21.2. The molecule has 1 aliphatic heterocycles. The zero-order valence-electron chi connectivity index (χ0n) is 16.3. The van der Waals surface area contributed by atoms with Gasteiger partial charge in [0.2, 0.25) is 5.91 Å². The lowest BCUT2D eigenvalue weighted by atomic mass is 9.95. The molecular formula is C18H34N4O3S. The predicted molar refractivity (Wildman–Crippen MR) is 106 cm³/mol. The van der Waals surface area contributed by atoms with Crippen LogP contribution in [0.25, 0.3) is 0 Å². The molecule has 0 bridgehead atoms. The quantitative estimate of drug-likeness (QED) is 0.501. The molecule has 0 aromatic carbocycles. The summed E-state index contributed by atoms with van der Waals surface area (Å²) in [4.78, 5) is 17.9. The van der Waals surface area contributed by atoms with Gasteiger partial charge >= 0.3 is 0 Å². The molecule has 2 N–H and O–H groups in total. The molecule has 0 radical (unpaired) electrons. The van der Waals surface area contributed by atoms with Crippen molar-refractivity contribution in [2.24, 2.45) is 4.99 Å². The number of rotatable bonds is 7. The molecule has 1 heterocycles. The van der Waals surface area contributed by atoms with Crippen LogP contribution in [0.15, 0.2) is 4.99 Å². The molecule has 26 heavy (non-hydrogen) atoms. The molecule has 7 nitrogen and oxygen atoms in total. The fourth-order valence-corrected chi connectivity index (χ4v) is 4.75. The normalized spacial score (nSPS) is 27.8. The number of carbonyl (C=O) groups is 1. The topological polar surface area (TPSA) is 83.0 Å². The fourth-order valence-electron chi connectivity index (χ4n) is 3.40. The van der Waals surface area contributed by atoms with Crippen LogP contribution in [0.2, 0.25) is 0 Å². The highest BCUT2D eigenvalue weighted by atomic mass is 32.2. The van der Waals surface area contributed by atoms with Gasteiger partial charge in [0.15, 0.2) is 5.96 Å². The van der Waals surface area contributed by atoms with Crippen LogP contribution in [-0.2, 0) is 20.3 Å². The standard InChI is InChI=1S/C18H34N4O3S/c1-4-26(24)16-9-5-7-14(11-16)21-18(20-13-17(23)22(2)3)19-12-15-8-6-10-25-15/h14-16H,4-13H2,1-3H3,(H2,19,20,21). The number of nitrogens with one attached hydrogen (secondary N) is 2. The third-order valence-corrected chi connectivity index (χ3v) is 6.76. The van der Waals surface area contributed by atoms with E-state index in [1.807, 2.05) is 6.92 Å². The van der Waals surface area contributed by atoms with E-state index in [-0.39, 0.29) is 29.8 Å². The summed E-state index contributed by atoms with van der Waals surface area (Å²) in [6, 6.07) is 0.245. The van der Waals surface area contributed by atoms with Crippen molar-refractivity contribution in [3.05, 3.63) is 0 Å². The molecule has 4 unspecified atom stereocenters. The van der Waals surface area contributed by atoms with Crippen molar-refractivity contribution in [2.45, 2.75) is 62.8 Å². The Bertz CT molecular complexity index is 507. The Morgan fingerprint density at radius 2 is 2.08 bits per heavy atom. The van der Waals surface area contributed by atoms with Crippen molar-refractivity contribution in [3.8, 4) is 0 Å². The fraction of sp³-hybridized carbons (Fsp3) is 0.889. The summed E-state index contributed by atoms with van der Waals surface area (Å²) in [5.74, 6) is 1.34. The Morgan fingerprint density at radius 1 is 1.27 bits per heavy atom. The molecule has 2 rings (SSSR count). The van der Waals surface area contributed by atoms with Gasteiger partial charge in [-0.25, -0.2) is 4.99 Å². The van der Waals surface area contributed by atoms with Crippen LogP contribution >= 0.6 is 0 Å². The second kappa shape index (κ2) is 10.9. The maximum Gasteiger partial charge on any atom is 0.243 e. The van der Waals surface area contributed by atoms with E-state index >= 15 is 0 Å². The monoisotopic (exact) mass is 386 g/mol. The summed E-state index contributed by atoms with van der Waals surface area (Å²) in [5, 5.41) is 7.05. The van der Waals surface area contributed by atoms with Crippen molar-refractivity contribution in [1.82, 2.24) is 15.5 Å². The van der Waals surface area contributed by atoms with Gasteiger partial charge in [0.05, 0.1) is 6.10 Å². The van der Waals surface area contributed by atoms with Gasteiger partial charge in [-0.15, -0.1) is 0 Å². The first-order valence-electron chi connectivity index (χ1n) is 9.73. The van der Waals surface area contributed by atoms with Crippen LogP contribution in [0.4, 0.5) is 0 Å². The summed E-state index contributed by atoms with van der Waals surface area (Å²) in [6.07, 6.45) is 6.40. The maximum atomic E-state index is 12.2. The summed E-state index contributed by atoms with van der Waals surface area (Å²) in [6.45, 7) is 3.61. The number of hydrogen-bond donors (Lipinski definition) is 2. The highest BCUT2D eigenvalue weighted by molar-refractivity contribution is 7.85. The number of amides is 1. The van der Waals surface area contributed by atoms with E-state index in [9.17, 15) is 9.00 Å². The number of ether oxygens (including phenoxy) is 1. The minimum absolute atomic E-state index is 0.0307. The van der Waals surface area contributed by atoms with Crippen LogP contribution in [-0.4, -0.2) is 77.9 Å². The molecule has 2 aliphatic rings. The van der Waals surface area contributed by atoms with E-state index in [4.69, 9.17) is 4.74 Å². The Balaban J connectivity index is 1.93. The van der Waals surface area contributed by atoms with Gasteiger partial charge in [0, 0.05) is 55.1 Å². The first-order chi connectivity index (χ1) is 12.5. The van der Waals surface area contributed by atoms with E-state index in [1.165, 1.54) is 0 Å². The smallest absolute Gasteiger partial charge is 0.243 e. The van der Waals surface area contributed by atoms with Crippen LogP contribution in [0.1, 0.15) is 45.4 Å². The van der Waals surface area contributed by atoms with Crippen molar-refractivity contribution in [3.63, 3.8) is 0 Å². The van der Waals surface area contributed by atoms with Crippen molar-refractivity contribution in [2.75, 3.05) is 39.5 Å². The molecule has 8 heteroatoms. The Labute approximate surface area is 159 Å². The molecule has 150 valence electrons. The van der Waals surface area contributed by atoms with E-state index in [1.54, 1.807) is 19.0 Å². The molecule has 1 aliphatic carbocycles. The molecule has 1 saturated heterocycles. The van der Waals surface area contributed by atoms with Gasteiger partial charge in [-0.2, -0.15) is 0 Å². The maximum absolute atomic E-state index is 12.2. The SMILES string of the molecule is CCS(=O)C1CCCC(NC(=NCC(=O)N(C)C)NCC2CCCO2)C1. The van der Waals surface area contributed by atoms with Gasteiger partial charge in [-0.1, -0.05) is 13.3 Å². The molecule has 4 atom stereocenters. The lowest BCUT2D eigenvalue weighted by Crippen LogP contribution is -2.48. The molecule has 0 spiro atoms. The van der Waals surface area contributed by atoms with Gasteiger partial charge in [-0.3, -0.25) is 9.00 Å². The molecule has 2 fully saturated rings. The van der Waals surface area contributed by atoms with Crippen LogP contribution in [0.5, 0.6) is 0 Å². The van der Waals surface area contributed by atoms with Crippen molar-refractivity contribution < 1.29 is 13.7 Å². The second-order valence-corrected chi connectivity index (χ2v) is 9.27. The third-order valence-electron chi connectivity index (χ3n) is 5.02. The number of carbonyl (C=O) groups excluding carboxylic acids is 1. The first-order valence-corrected chi connectivity index (χ1v) is 11.1. The van der Waals surface area contributed by atoms with Crippen molar-refractivity contribution in [1.29, 1.82) is 0 Å². The number of nitrogens with zero attached hydrogens (tertiary/aromatic N) is 2. The third kappa shape index (κ3) is 6.87. The molecule has 1 amide bonds. The molecule has 1 saturated carbocycles. The molecule has 0 aromatic heterocycles. The second-order valence-electron chi connectivity index (χ2n) is 7.27. The molecule has 0 aromatic rings. The number of aliphatic imine (C=N–C) groups is 1. The van der Waals surface area contributed by atoms with Gasteiger partial charge < -0.3 is 20.3 Å². The van der Waals surface area contributed by atoms with Crippen LogP contribution in [0, 0.1) is 0 Å². The summed E-state index contributed by atoms with van der Waals surface area (Å²) >= 11 is 0. The average Bonchev–Trinajstić information content (AvgIpc) is 3.16. The van der Waals surface area contributed by atoms with E-state index in [0.29, 0.717) is 18.3 Å². The largest absolute Gasteiger partial charge is 0.376 e. The zero-order valence-corrected chi connectivity index (χ0v) is 17.1. The highest BCUT2D eigenvalue weighted by Gasteiger charge is 2.26. The minimum atomic E-state index is -0.753. The van der Waals surface area contributed by atoms with Crippen LogP contribution < -0.4 is 10.6 Å². The van der Waals surface area contributed by atoms with Gasteiger partial charge in [0.25, 0.3) is 0 Å². The van der Waals surface area contributed by atoms with E-state index in [2.05, 4.69) is 15.6 Å². The summed E-state index contributed by atoms with van der Waals surface area (Å²) < 4.78 is 17.8. The van der Waals surface area contributed by atoms with Crippen molar-refractivity contribution >= 4 is 22.7 Å². The van der Waals surface area contributed by atoms with E-state index < -0.39 is 10.8 Å². The molecular weight excluding hydrogens is 352 g/mol. The van der Waals surface area contributed by atoms with Crippen LogP contribution in [0.3, 0.4) is 0 Å². The zero-order chi connectivity index (χ0) is 18.9. The Hall–Kier alpha value is -1.15. The average molecular weight is 387 g/mol. The number of guanidine groups is 1.